The van der Waals surface area contributed by atoms with Crippen LogP contribution in [-0.4, -0.2) is 30.0 Å². The van der Waals surface area contributed by atoms with E-state index >= 15 is 0 Å². The van der Waals surface area contributed by atoms with Gasteiger partial charge in [-0.15, -0.1) is 11.8 Å². The van der Waals surface area contributed by atoms with Crippen molar-refractivity contribution in [2.24, 2.45) is 0 Å². The summed E-state index contributed by atoms with van der Waals surface area (Å²) < 4.78 is 5.20. The molecule has 0 bridgehead atoms. The molecule has 0 aliphatic rings. The van der Waals surface area contributed by atoms with E-state index in [1.807, 2.05) is 32.0 Å². The van der Waals surface area contributed by atoms with E-state index < -0.39 is 18.5 Å². The molecule has 7 heteroatoms. The zero-order valence-corrected chi connectivity index (χ0v) is 19.1. The quantitative estimate of drug-likeness (QED) is 0.292. The van der Waals surface area contributed by atoms with Crippen LogP contribution in [0.15, 0.2) is 71.6 Å². The largest absolute Gasteiger partial charge is 0.452 e. The molecule has 3 aromatic carbocycles. The van der Waals surface area contributed by atoms with Crippen LogP contribution >= 0.6 is 11.8 Å². The Bertz CT molecular complexity index is 1250. The van der Waals surface area contributed by atoms with E-state index in [4.69, 9.17) is 10.00 Å². The number of ether oxygens (including phenoxy) is 1. The third-order valence-electron chi connectivity index (χ3n) is 4.82. The number of amides is 1. The molecule has 0 saturated heterocycles. The number of nitrogens with zero attached hydrogens (tertiary/aromatic N) is 1. The van der Waals surface area contributed by atoms with Crippen molar-refractivity contribution in [2.45, 2.75) is 18.7 Å². The number of hydrogen-bond acceptors (Lipinski definition) is 6. The molecular weight excluding hydrogens is 436 g/mol. The van der Waals surface area contributed by atoms with Gasteiger partial charge in [-0.2, -0.15) is 5.26 Å². The normalized spacial score (nSPS) is 10.2. The van der Waals surface area contributed by atoms with E-state index in [1.54, 1.807) is 48.5 Å². The second kappa shape index (κ2) is 11.1. The van der Waals surface area contributed by atoms with Gasteiger partial charge in [0.05, 0.1) is 23.1 Å². The Morgan fingerprint density at radius 1 is 0.939 bits per heavy atom. The lowest BCUT2D eigenvalue weighted by atomic mass is 9.94. The highest BCUT2D eigenvalue weighted by Crippen LogP contribution is 2.26. The van der Waals surface area contributed by atoms with Crippen molar-refractivity contribution >= 4 is 35.1 Å². The van der Waals surface area contributed by atoms with Gasteiger partial charge in [0, 0.05) is 16.0 Å². The minimum atomic E-state index is -0.758. The summed E-state index contributed by atoms with van der Waals surface area (Å²) in [5.41, 5.74) is 3.11. The molecule has 3 aromatic rings. The summed E-state index contributed by atoms with van der Waals surface area (Å²) >= 11 is 1.29. The average molecular weight is 459 g/mol. The molecule has 6 nitrogen and oxygen atoms in total. The number of thioether (sulfide) groups is 1. The number of para-hydroxylation sites is 1. The topological polar surface area (TPSA) is 96.3 Å². The molecule has 0 atom stereocenters. The van der Waals surface area contributed by atoms with Gasteiger partial charge in [0.2, 0.25) is 0 Å². The first-order valence-corrected chi connectivity index (χ1v) is 11.2. The van der Waals surface area contributed by atoms with Crippen LogP contribution in [0.1, 0.15) is 37.4 Å². The van der Waals surface area contributed by atoms with Crippen LogP contribution in [0.2, 0.25) is 0 Å². The summed E-state index contributed by atoms with van der Waals surface area (Å²) in [7, 11) is 0. The maximum absolute atomic E-state index is 13.1. The van der Waals surface area contributed by atoms with Gasteiger partial charge < -0.3 is 10.1 Å². The molecule has 0 aliphatic heterocycles. The molecule has 1 amide bonds. The lowest BCUT2D eigenvalue weighted by Crippen LogP contribution is -2.22. The highest BCUT2D eigenvalue weighted by molar-refractivity contribution is 7.99. The van der Waals surface area contributed by atoms with E-state index in [2.05, 4.69) is 5.32 Å². The number of esters is 1. The summed E-state index contributed by atoms with van der Waals surface area (Å²) in [6.45, 7) is 3.22. The predicted molar refractivity (Wildman–Crippen MR) is 127 cm³/mol. The Morgan fingerprint density at radius 3 is 2.39 bits per heavy atom. The van der Waals surface area contributed by atoms with Crippen molar-refractivity contribution in [3.63, 3.8) is 0 Å². The first-order valence-electron chi connectivity index (χ1n) is 10.2. The summed E-state index contributed by atoms with van der Waals surface area (Å²) in [5, 5.41) is 11.5. The van der Waals surface area contributed by atoms with Crippen LogP contribution in [0, 0.1) is 25.2 Å². The standard InChI is InChI=1S/C26H22N2O4S/c1-17-11-12-18(2)21(15-17)25(30)19-7-3-4-8-20(19)26(31)32-16-24(29)28-22-9-5-6-10-23(22)33-14-13-27/h3-12,15H,14,16H2,1-2H3,(H,28,29). The van der Waals surface area contributed by atoms with Crippen LogP contribution in [0.25, 0.3) is 0 Å². The highest BCUT2D eigenvalue weighted by Gasteiger charge is 2.21. The van der Waals surface area contributed by atoms with Gasteiger partial charge in [0.15, 0.2) is 12.4 Å². The van der Waals surface area contributed by atoms with Crippen molar-refractivity contribution in [1.82, 2.24) is 0 Å². The van der Waals surface area contributed by atoms with Crippen molar-refractivity contribution in [2.75, 3.05) is 17.7 Å². The monoisotopic (exact) mass is 458 g/mol. The fourth-order valence-corrected chi connectivity index (χ4v) is 3.86. The highest BCUT2D eigenvalue weighted by atomic mass is 32.2. The van der Waals surface area contributed by atoms with Gasteiger partial charge in [-0.25, -0.2) is 4.79 Å². The third-order valence-corrected chi connectivity index (χ3v) is 5.76. The van der Waals surface area contributed by atoms with Crippen molar-refractivity contribution in [3.8, 4) is 6.07 Å². The Balaban J connectivity index is 1.71. The summed E-state index contributed by atoms with van der Waals surface area (Å²) in [5.74, 6) is -1.32. The zero-order valence-electron chi connectivity index (χ0n) is 18.3. The molecule has 0 saturated carbocycles. The number of aryl methyl sites for hydroxylation is 2. The van der Waals surface area contributed by atoms with E-state index in [-0.39, 0.29) is 22.7 Å². The number of nitriles is 1. The van der Waals surface area contributed by atoms with Gasteiger partial charge in [-0.3, -0.25) is 9.59 Å². The first-order chi connectivity index (χ1) is 15.9. The van der Waals surface area contributed by atoms with Gasteiger partial charge in [0.25, 0.3) is 5.91 Å². The van der Waals surface area contributed by atoms with Crippen molar-refractivity contribution in [3.05, 3.63) is 94.5 Å². The first kappa shape index (κ1) is 23.8. The molecule has 0 aromatic heterocycles. The number of rotatable bonds is 8. The van der Waals surface area contributed by atoms with Crippen LogP contribution < -0.4 is 5.32 Å². The Morgan fingerprint density at radius 2 is 1.64 bits per heavy atom. The summed E-state index contributed by atoms with van der Waals surface area (Å²) in [6, 6.07) is 21.1. The van der Waals surface area contributed by atoms with Gasteiger partial charge in [0.1, 0.15) is 0 Å². The van der Waals surface area contributed by atoms with E-state index in [1.165, 1.54) is 17.8 Å². The summed E-state index contributed by atoms with van der Waals surface area (Å²) in [6.07, 6.45) is 0. The van der Waals surface area contributed by atoms with E-state index in [9.17, 15) is 14.4 Å². The molecule has 0 heterocycles. The minimum Gasteiger partial charge on any atom is -0.452 e. The van der Waals surface area contributed by atoms with E-state index in [0.717, 1.165) is 16.0 Å². The molecule has 0 spiro atoms. The second-order valence-corrected chi connectivity index (χ2v) is 8.28. The molecule has 0 fully saturated rings. The number of carbonyl (C=O) groups excluding carboxylic acids is 3. The lowest BCUT2D eigenvalue weighted by molar-refractivity contribution is -0.119. The molecule has 0 unspecified atom stereocenters. The fourth-order valence-electron chi connectivity index (χ4n) is 3.19. The molecule has 166 valence electrons. The molecule has 3 rings (SSSR count). The predicted octanol–water partition coefficient (Wildman–Crippen LogP) is 4.95. The average Bonchev–Trinajstić information content (AvgIpc) is 2.83. The van der Waals surface area contributed by atoms with Crippen LogP contribution in [0.5, 0.6) is 0 Å². The van der Waals surface area contributed by atoms with Gasteiger partial charge >= 0.3 is 5.97 Å². The number of carbonyl (C=O) groups is 3. The Hall–Kier alpha value is -3.89. The fraction of sp³-hybridized carbons (Fsp3) is 0.154. The molecule has 33 heavy (non-hydrogen) atoms. The third kappa shape index (κ3) is 6.09. The van der Waals surface area contributed by atoms with E-state index in [0.29, 0.717) is 11.3 Å². The molecule has 1 N–H and O–H groups in total. The minimum absolute atomic E-state index is 0.0983. The van der Waals surface area contributed by atoms with Crippen LogP contribution in [-0.2, 0) is 9.53 Å². The zero-order chi connectivity index (χ0) is 23.8. The van der Waals surface area contributed by atoms with Gasteiger partial charge in [-0.1, -0.05) is 48.0 Å². The smallest absolute Gasteiger partial charge is 0.339 e. The molecule has 0 aliphatic carbocycles. The second-order valence-electron chi connectivity index (χ2n) is 7.26. The van der Waals surface area contributed by atoms with Gasteiger partial charge in [-0.05, 0) is 43.7 Å². The summed E-state index contributed by atoms with van der Waals surface area (Å²) in [4.78, 5) is 39.0. The molecule has 0 radical (unpaired) electrons. The number of benzene rings is 3. The number of ketones is 1. The SMILES string of the molecule is Cc1ccc(C)c(C(=O)c2ccccc2C(=O)OCC(=O)Nc2ccccc2SCC#N)c1. The number of anilines is 1. The number of nitrogens with one attached hydrogen (secondary N) is 1. The Labute approximate surface area is 196 Å². The lowest BCUT2D eigenvalue weighted by Gasteiger charge is -2.12. The van der Waals surface area contributed by atoms with Crippen molar-refractivity contribution < 1.29 is 19.1 Å². The Kier molecular flexibility index (Phi) is 8.01. The van der Waals surface area contributed by atoms with Crippen molar-refractivity contribution in [1.29, 1.82) is 5.26 Å². The number of hydrogen-bond donors (Lipinski definition) is 1. The maximum atomic E-state index is 13.1. The van der Waals surface area contributed by atoms with Crippen LogP contribution in [0.3, 0.4) is 0 Å². The molecular formula is C26H22N2O4S. The maximum Gasteiger partial charge on any atom is 0.339 e. The van der Waals surface area contributed by atoms with Crippen LogP contribution in [0.4, 0.5) is 5.69 Å².